The van der Waals surface area contributed by atoms with E-state index >= 15 is 0 Å². The van der Waals surface area contributed by atoms with Crippen LogP contribution in [0.3, 0.4) is 0 Å². The Labute approximate surface area is 146 Å². The van der Waals surface area contributed by atoms with E-state index in [9.17, 15) is 0 Å². The summed E-state index contributed by atoms with van der Waals surface area (Å²) in [5.41, 5.74) is 0.970. The molecule has 2 N–H and O–H groups in total. The fraction of sp³-hybridized carbons (Fsp3) is 0.562. The van der Waals surface area contributed by atoms with E-state index in [4.69, 9.17) is 17.0 Å². The molecule has 1 aromatic carbocycles. The quantitative estimate of drug-likeness (QED) is 0.761. The summed E-state index contributed by atoms with van der Waals surface area (Å²) >= 11 is 8.79. The maximum absolute atomic E-state index is 5.81. The van der Waals surface area contributed by atoms with Crippen LogP contribution in [-0.4, -0.2) is 48.9 Å². The average Bonchev–Trinajstić information content (AvgIpc) is 2.45. The third kappa shape index (κ3) is 6.20. The number of nitrogens with zero attached hydrogens (tertiary/aromatic N) is 1. The molecule has 1 heterocycles. The Morgan fingerprint density at radius 2 is 2.32 bits per heavy atom. The van der Waals surface area contributed by atoms with Gasteiger partial charge in [0.15, 0.2) is 5.11 Å². The Bertz CT molecular complexity index is 498. The van der Waals surface area contributed by atoms with Crippen LogP contribution in [0.25, 0.3) is 0 Å². The van der Waals surface area contributed by atoms with Gasteiger partial charge in [-0.1, -0.05) is 35.8 Å². The minimum atomic E-state index is 0.190. The molecule has 1 aromatic rings. The smallest absolute Gasteiger partial charge is 0.170 e. The second-order valence-electron chi connectivity index (χ2n) is 5.99. The zero-order valence-corrected chi connectivity index (χ0v) is 15.5. The van der Waals surface area contributed by atoms with Gasteiger partial charge in [0.1, 0.15) is 0 Å². The van der Waals surface area contributed by atoms with Crippen LogP contribution < -0.4 is 10.6 Å². The molecule has 22 heavy (non-hydrogen) atoms. The predicted molar refractivity (Wildman–Crippen MR) is 99.4 cm³/mol. The van der Waals surface area contributed by atoms with Gasteiger partial charge in [-0.15, -0.1) is 0 Å². The van der Waals surface area contributed by atoms with Crippen molar-refractivity contribution in [1.29, 1.82) is 0 Å². The first-order valence-electron chi connectivity index (χ1n) is 7.67. The number of hydrogen-bond donors (Lipinski definition) is 2. The number of ether oxygens (including phenoxy) is 1. The summed E-state index contributed by atoms with van der Waals surface area (Å²) < 4.78 is 6.84. The van der Waals surface area contributed by atoms with Crippen molar-refractivity contribution in [1.82, 2.24) is 10.2 Å². The van der Waals surface area contributed by atoms with Crippen LogP contribution in [0.2, 0.25) is 0 Å². The lowest BCUT2D eigenvalue weighted by molar-refractivity contribution is -0.0283. The van der Waals surface area contributed by atoms with Crippen LogP contribution in [-0.2, 0) is 4.74 Å². The van der Waals surface area contributed by atoms with Gasteiger partial charge in [0.2, 0.25) is 0 Å². The minimum Gasteiger partial charge on any atom is -0.374 e. The van der Waals surface area contributed by atoms with Crippen LogP contribution in [0.5, 0.6) is 0 Å². The monoisotopic (exact) mass is 385 g/mol. The first-order chi connectivity index (χ1) is 10.5. The molecule has 1 aliphatic heterocycles. The molecule has 0 amide bonds. The van der Waals surface area contributed by atoms with Crippen LogP contribution >= 0.6 is 28.1 Å². The number of benzene rings is 1. The molecule has 122 valence electrons. The van der Waals surface area contributed by atoms with E-state index in [2.05, 4.69) is 45.3 Å². The average molecular weight is 386 g/mol. The Hall–Kier alpha value is -0.690. The third-order valence-corrected chi connectivity index (χ3v) is 4.16. The molecule has 1 fully saturated rings. The molecular formula is C16H24BrN3OS. The molecule has 4 nitrogen and oxygen atoms in total. The molecule has 0 aliphatic carbocycles. The van der Waals surface area contributed by atoms with E-state index in [1.807, 2.05) is 24.3 Å². The first kappa shape index (κ1) is 17.7. The maximum atomic E-state index is 5.81. The van der Waals surface area contributed by atoms with Gasteiger partial charge in [-0.25, -0.2) is 0 Å². The number of thiocarbonyl (C=S) groups is 1. The van der Waals surface area contributed by atoms with Crippen molar-refractivity contribution in [2.24, 2.45) is 5.92 Å². The van der Waals surface area contributed by atoms with E-state index in [0.717, 1.165) is 42.9 Å². The summed E-state index contributed by atoms with van der Waals surface area (Å²) in [6, 6.07) is 7.94. The number of halogens is 1. The van der Waals surface area contributed by atoms with Gasteiger partial charge in [-0.3, -0.25) is 4.90 Å². The van der Waals surface area contributed by atoms with Crippen molar-refractivity contribution in [3.8, 4) is 0 Å². The van der Waals surface area contributed by atoms with Gasteiger partial charge in [-0.2, -0.15) is 0 Å². The highest BCUT2D eigenvalue weighted by Gasteiger charge is 2.20. The second kappa shape index (κ2) is 8.82. The van der Waals surface area contributed by atoms with Gasteiger partial charge < -0.3 is 15.4 Å². The Kier molecular flexibility index (Phi) is 7.08. The SMILES string of the molecule is CC(C)CN1CCO[C@H](CNC(=S)Nc2cccc(Br)c2)C1. The van der Waals surface area contributed by atoms with E-state index in [1.54, 1.807) is 0 Å². The molecule has 0 saturated carbocycles. The molecule has 1 aliphatic rings. The molecule has 1 saturated heterocycles. The van der Waals surface area contributed by atoms with E-state index in [1.165, 1.54) is 0 Å². The molecule has 0 bridgehead atoms. The van der Waals surface area contributed by atoms with Crippen molar-refractivity contribution >= 4 is 38.9 Å². The summed E-state index contributed by atoms with van der Waals surface area (Å²) in [5.74, 6) is 0.686. The first-order valence-corrected chi connectivity index (χ1v) is 8.87. The lowest BCUT2D eigenvalue weighted by Crippen LogP contribution is -2.48. The third-order valence-electron chi connectivity index (χ3n) is 3.42. The van der Waals surface area contributed by atoms with Crippen LogP contribution in [0, 0.1) is 5.92 Å². The molecule has 6 heteroatoms. The minimum absolute atomic E-state index is 0.190. The Morgan fingerprint density at radius 1 is 1.50 bits per heavy atom. The fourth-order valence-electron chi connectivity index (χ4n) is 2.53. The van der Waals surface area contributed by atoms with Gasteiger partial charge in [0.25, 0.3) is 0 Å². The molecule has 1 atom stereocenters. The van der Waals surface area contributed by atoms with Gasteiger partial charge in [0, 0.05) is 36.3 Å². The zero-order valence-electron chi connectivity index (χ0n) is 13.1. The second-order valence-corrected chi connectivity index (χ2v) is 7.32. The topological polar surface area (TPSA) is 36.5 Å². The summed E-state index contributed by atoms with van der Waals surface area (Å²) in [6.45, 7) is 9.14. The Balaban J connectivity index is 1.73. The lowest BCUT2D eigenvalue weighted by atomic mass is 10.2. The molecule has 2 rings (SSSR count). The van der Waals surface area contributed by atoms with Crippen molar-refractivity contribution in [2.45, 2.75) is 20.0 Å². The van der Waals surface area contributed by atoms with Gasteiger partial charge >= 0.3 is 0 Å². The van der Waals surface area contributed by atoms with Crippen LogP contribution in [0.15, 0.2) is 28.7 Å². The van der Waals surface area contributed by atoms with Crippen molar-refractivity contribution < 1.29 is 4.74 Å². The van der Waals surface area contributed by atoms with Crippen LogP contribution in [0.4, 0.5) is 5.69 Å². The largest absolute Gasteiger partial charge is 0.374 e. The molecule has 0 aromatic heterocycles. The Morgan fingerprint density at radius 3 is 3.05 bits per heavy atom. The highest BCUT2D eigenvalue weighted by atomic mass is 79.9. The number of nitrogens with one attached hydrogen (secondary N) is 2. The number of hydrogen-bond acceptors (Lipinski definition) is 3. The van der Waals surface area contributed by atoms with Crippen LogP contribution in [0.1, 0.15) is 13.8 Å². The highest BCUT2D eigenvalue weighted by Crippen LogP contribution is 2.15. The normalized spacial score (nSPS) is 19.2. The summed E-state index contributed by atoms with van der Waals surface area (Å²) in [7, 11) is 0. The fourth-order valence-corrected chi connectivity index (χ4v) is 3.13. The highest BCUT2D eigenvalue weighted by molar-refractivity contribution is 9.10. The predicted octanol–water partition coefficient (Wildman–Crippen LogP) is 3.09. The van der Waals surface area contributed by atoms with Crippen molar-refractivity contribution in [3.63, 3.8) is 0 Å². The molecule has 0 unspecified atom stereocenters. The zero-order chi connectivity index (χ0) is 15.9. The summed E-state index contributed by atoms with van der Waals surface area (Å²) in [4.78, 5) is 2.46. The number of morpholine rings is 1. The number of rotatable bonds is 5. The maximum Gasteiger partial charge on any atom is 0.170 e. The molecule has 0 spiro atoms. The van der Waals surface area contributed by atoms with Gasteiger partial charge in [-0.05, 0) is 36.3 Å². The standard InChI is InChI=1S/C16H24BrN3OS/c1-12(2)10-20-6-7-21-15(11-20)9-18-16(22)19-14-5-3-4-13(17)8-14/h3-5,8,12,15H,6-7,9-11H2,1-2H3,(H2,18,19,22)/t15-/m1/s1. The van der Waals surface area contributed by atoms with Gasteiger partial charge in [0.05, 0.1) is 12.7 Å². The molecule has 0 radical (unpaired) electrons. The van der Waals surface area contributed by atoms with E-state index in [-0.39, 0.29) is 6.10 Å². The lowest BCUT2D eigenvalue weighted by Gasteiger charge is -2.34. The van der Waals surface area contributed by atoms with E-state index in [0.29, 0.717) is 11.0 Å². The molecular weight excluding hydrogens is 362 g/mol. The van der Waals surface area contributed by atoms with E-state index < -0.39 is 0 Å². The van der Waals surface area contributed by atoms with Crippen molar-refractivity contribution in [2.75, 3.05) is 38.1 Å². The van der Waals surface area contributed by atoms with Crippen molar-refractivity contribution in [3.05, 3.63) is 28.7 Å². The summed E-state index contributed by atoms with van der Waals surface area (Å²) in [5, 5.41) is 7.06. The number of anilines is 1. The summed E-state index contributed by atoms with van der Waals surface area (Å²) in [6.07, 6.45) is 0.190.